The average molecular weight is 479 g/mol. The fourth-order valence-corrected chi connectivity index (χ4v) is 4.52. The predicted molar refractivity (Wildman–Crippen MR) is 136 cm³/mol. The third-order valence-corrected chi connectivity index (χ3v) is 6.75. The second-order valence-corrected chi connectivity index (χ2v) is 9.71. The van der Waals surface area contributed by atoms with Crippen LogP contribution in [-0.2, 0) is 6.54 Å². The molecule has 1 fully saturated rings. The van der Waals surface area contributed by atoms with Crippen molar-refractivity contribution in [1.29, 1.82) is 0 Å². The molecular formula is C27H34N4O4. The molecule has 0 aliphatic carbocycles. The average Bonchev–Trinajstić information content (AvgIpc) is 2.83. The molecule has 35 heavy (non-hydrogen) atoms. The summed E-state index contributed by atoms with van der Waals surface area (Å²) in [5.41, 5.74) is 2.61. The second kappa shape index (κ2) is 10.1. The van der Waals surface area contributed by atoms with Crippen LogP contribution in [0.1, 0.15) is 73.1 Å². The van der Waals surface area contributed by atoms with E-state index in [1.165, 1.54) is 15.7 Å². The second-order valence-electron chi connectivity index (χ2n) is 9.71. The number of likely N-dealkylation sites (tertiary alicyclic amines) is 1. The number of aromatic nitrogens is 3. The minimum absolute atomic E-state index is 0.0275. The summed E-state index contributed by atoms with van der Waals surface area (Å²) in [4.78, 5) is 47.8. The number of hydrogen-bond donors (Lipinski definition) is 1. The van der Waals surface area contributed by atoms with E-state index in [1.807, 2.05) is 32.9 Å². The minimum atomic E-state index is -0.573. The minimum Gasteiger partial charge on any atom is -0.490 e. The molecule has 0 unspecified atom stereocenters. The van der Waals surface area contributed by atoms with Crippen LogP contribution in [0.15, 0.2) is 33.9 Å². The van der Waals surface area contributed by atoms with Crippen molar-refractivity contribution < 1.29 is 9.53 Å². The van der Waals surface area contributed by atoms with Crippen molar-refractivity contribution in [1.82, 2.24) is 19.4 Å². The van der Waals surface area contributed by atoms with E-state index in [2.05, 4.69) is 29.9 Å². The Morgan fingerprint density at radius 1 is 1.14 bits per heavy atom. The van der Waals surface area contributed by atoms with Crippen LogP contribution in [0.25, 0.3) is 11.0 Å². The van der Waals surface area contributed by atoms with Gasteiger partial charge >= 0.3 is 5.69 Å². The van der Waals surface area contributed by atoms with Crippen molar-refractivity contribution in [3.05, 3.63) is 67.5 Å². The number of rotatable bonds is 6. The SMILES string of the molecule is CCCn1c(=O)[nH]c(=O)c2c(C(=O)N3CCC(Oc4ccc(C)c(C)c4)CC3)cc(C(C)C)nc21. The molecule has 1 aliphatic heterocycles. The Kier molecular flexibility index (Phi) is 7.10. The summed E-state index contributed by atoms with van der Waals surface area (Å²) in [6.07, 6.45) is 2.14. The lowest BCUT2D eigenvalue weighted by Gasteiger charge is -2.32. The van der Waals surface area contributed by atoms with Gasteiger partial charge in [0.25, 0.3) is 11.5 Å². The summed E-state index contributed by atoms with van der Waals surface area (Å²) < 4.78 is 7.64. The normalized spacial score (nSPS) is 14.6. The van der Waals surface area contributed by atoms with Crippen LogP contribution in [0.4, 0.5) is 0 Å². The van der Waals surface area contributed by atoms with Crippen molar-refractivity contribution in [2.24, 2.45) is 0 Å². The Labute approximate surface area is 205 Å². The Morgan fingerprint density at radius 3 is 2.49 bits per heavy atom. The summed E-state index contributed by atoms with van der Waals surface area (Å²) in [6.45, 7) is 11.5. The van der Waals surface area contributed by atoms with Crippen molar-refractivity contribution in [2.75, 3.05) is 13.1 Å². The first-order valence-corrected chi connectivity index (χ1v) is 12.4. The van der Waals surface area contributed by atoms with Gasteiger partial charge in [-0.3, -0.25) is 19.1 Å². The number of amides is 1. The Balaban J connectivity index is 1.62. The van der Waals surface area contributed by atoms with Gasteiger partial charge in [-0.25, -0.2) is 9.78 Å². The number of fused-ring (bicyclic) bond motifs is 1. The van der Waals surface area contributed by atoms with Crippen LogP contribution in [0, 0.1) is 13.8 Å². The molecule has 1 N–H and O–H groups in total. The molecule has 0 saturated carbocycles. The van der Waals surface area contributed by atoms with Crippen LogP contribution in [-0.4, -0.2) is 44.5 Å². The monoisotopic (exact) mass is 478 g/mol. The Hall–Kier alpha value is -3.42. The third-order valence-electron chi connectivity index (χ3n) is 6.75. The maximum Gasteiger partial charge on any atom is 0.329 e. The van der Waals surface area contributed by atoms with E-state index < -0.39 is 11.2 Å². The largest absolute Gasteiger partial charge is 0.490 e. The lowest BCUT2D eigenvalue weighted by Crippen LogP contribution is -2.42. The molecule has 1 aromatic carbocycles. The standard InChI is InChI=1S/C27H34N4O4/c1-6-11-31-24-23(25(32)29-27(31)34)21(15-22(28-24)16(2)3)26(33)30-12-9-19(10-13-30)35-20-8-7-17(4)18(5)14-20/h7-8,14-16,19H,6,9-13H2,1-5H3,(H,29,32,34). The molecule has 0 spiro atoms. The number of aromatic amines is 1. The molecule has 3 aromatic rings. The molecular weight excluding hydrogens is 444 g/mol. The van der Waals surface area contributed by atoms with E-state index in [-0.39, 0.29) is 29.0 Å². The topological polar surface area (TPSA) is 97.3 Å². The fraction of sp³-hybridized carbons (Fsp3) is 0.481. The van der Waals surface area contributed by atoms with Gasteiger partial charge in [0.05, 0.1) is 10.9 Å². The van der Waals surface area contributed by atoms with Gasteiger partial charge in [0, 0.05) is 38.2 Å². The van der Waals surface area contributed by atoms with Gasteiger partial charge in [0.1, 0.15) is 11.9 Å². The molecule has 0 bridgehead atoms. The number of carbonyl (C=O) groups is 1. The number of ether oxygens (including phenoxy) is 1. The van der Waals surface area contributed by atoms with E-state index >= 15 is 0 Å². The number of H-pyrrole nitrogens is 1. The van der Waals surface area contributed by atoms with E-state index in [0.717, 1.165) is 5.75 Å². The van der Waals surface area contributed by atoms with Crippen LogP contribution in [0.5, 0.6) is 5.75 Å². The van der Waals surface area contributed by atoms with E-state index in [1.54, 1.807) is 11.0 Å². The summed E-state index contributed by atoms with van der Waals surface area (Å²) in [6, 6.07) is 7.80. The van der Waals surface area contributed by atoms with E-state index in [0.29, 0.717) is 50.2 Å². The summed E-state index contributed by atoms with van der Waals surface area (Å²) in [5, 5.41) is 0.181. The van der Waals surface area contributed by atoms with Crippen LogP contribution in [0.3, 0.4) is 0 Å². The number of hydrogen-bond acceptors (Lipinski definition) is 5. The molecule has 186 valence electrons. The zero-order chi connectivity index (χ0) is 25.3. The molecule has 2 aromatic heterocycles. The Morgan fingerprint density at radius 2 is 1.86 bits per heavy atom. The molecule has 8 nitrogen and oxygen atoms in total. The van der Waals surface area contributed by atoms with Crippen molar-refractivity contribution in [3.63, 3.8) is 0 Å². The number of nitrogens with one attached hydrogen (secondary N) is 1. The first-order chi connectivity index (χ1) is 16.7. The summed E-state index contributed by atoms with van der Waals surface area (Å²) >= 11 is 0. The molecule has 8 heteroatoms. The van der Waals surface area contributed by atoms with Gasteiger partial charge in [-0.15, -0.1) is 0 Å². The van der Waals surface area contributed by atoms with Crippen molar-refractivity contribution >= 4 is 16.9 Å². The van der Waals surface area contributed by atoms with Crippen molar-refractivity contribution in [3.8, 4) is 5.75 Å². The number of benzene rings is 1. The van der Waals surface area contributed by atoms with Gasteiger partial charge in [0.15, 0.2) is 5.65 Å². The maximum absolute atomic E-state index is 13.7. The van der Waals surface area contributed by atoms with Crippen LogP contribution in [0.2, 0.25) is 0 Å². The lowest BCUT2D eigenvalue weighted by atomic mass is 10.0. The first kappa shape index (κ1) is 24.7. The zero-order valence-electron chi connectivity index (χ0n) is 21.2. The highest BCUT2D eigenvalue weighted by Gasteiger charge is 2.28. The number of pyridine rings is 1. The molecule has 1 aliphatic rings. The maximum atomic E-state index is 13.7. The van der Waals surface area contributed by atoms with Crippen molar-refractivity contribution in [2.45, 2.75) is 72.4 Å². The van der Waals surface area contributed by atoms with Gasteiger partial charge in [-0.2, -0.15) is 0 Å². The van der Waals surface area contributed by atoms with Crippen LogP contribution >= 0.6 is 0 Å². The third kappa shape index (κ3) is 5.01. The van der Waals surface area contributed by atoms with Gasteiger partial charge in [-0.05, 0) is 55.5 Å². The van der Waals surface area contributed by atoms with E-state index in [4.69, 9.17) is 4.74 Å². The molecule has 1 amide bonds. The summed E-state index contributed by atoms with van der Waals surface area (Å²) in [7, 11) is 0. The number of carbonyl (C=O) groups excluding carboxylic acids is 1. The molecule has 1 saturated heterocycles. The molecule has 0 radical (unpaired) electrons. The molecule has 4 rings (SSSR count). The fourth-order valence-electron chi connectivity index (χ4n) is 4.52. The highest BCUT2D eigenvalue weighted by Crippen LogP contribution is 2.25. The predicted octanol–water partition coefficient (Wildman–Crippen LogP) is 3.92. The number of nitrogens with zero attached hydrogens (tertiary/aromatic N) is 3. The molecule has 3 heterocycles. The lowest BCUT2D eigenvalue weighted by molar-refractivity contribution is 0.0597. The summed E-state index contributed by atoms with van der Waals surface area (Å²) in [5.74, 6) is 0.670. The number of piperidine rings is 1. The highest BCUT2D eigenvalue weighted by molar-refractivity contribution is 6.05. The molecule has 0 atom stereocenters. The zero-order valence-corrected chi connectivity index (χ0v) is 21.2. The highest BCUT2D eigenvalue weighted by atomic mass is 16.5. The Bertz CT molecular complexity index is 1360. The van der Waals surface area contributed by atoms with Gasteiger partial charge < -0.3 is 9.64 Å². The van der Waals surface area contributed by atoms with Crippen LogP contribution < -0.4 is 16.0 Å². The smallest absolute Gasteiger partial charge is 0.329 e. The van der Waals surface area contributed by atoms with Gasteiger partial charge in [-0.1, -0.05) is 26.8 Å². The first-order valence-electron chi connectivity index (χ1n) is 12.4. The van der Waals surface area contributed by atoms with Gasteiger partial charge in [0.2, 0.25) is 0 Å². The number of aryl methyl sites for hydroxylation is 3. The quantitative estimate of drug-likeness (QED) is 0.579. The van der Waals surface area contributed by atoms with E-state index in [9.17, 15) is 14.4 Å².